The van der Waals surface area contributed by atoms with Crippen LogP contribution in [0.2, 0.25) is 0 Å². The van der Waals surface area contributed by atoms with E-state index in [4.69, 9.17) is 5.73 Å². The summed E-state index contributed by atoms with van der Waals surface area (Å²) in [7, 11) is 0. The van der Waals surface area contributed by atoms with Gasteiger partial charge in [0.1, 0.15) is 0 Å². The normalized spacial score (nSPS) is 11.9. The summed E-state index contributed by atoms with van der Waals surface area (Å²) >= 11 is 0. The van der Waals surface area contributed by atoms with Crippen LogP contribution in [0.5, 0.6) is 0 Å². The number of amides is 1. The van der Waals surface area contributed by atoms with Gasteiger partial charge in [-0.05, 0) is 12.0 Å². The van der Waals surface area contributed by atoms with Crippen molar-refractivity contribution in [2.75, 3.05) is 0 Å². The highest BCUT2D eigenvalue weighted by atomic mass is 16.6. The van der Waals surface area contributed by atoms with E-state index in [0.717, 1.165) is 6.42 Å². The summed E-state index contributed by atoms with van der Waals surface area (Å²) in [6, 6.07) is 6.04. The van der Waals surface area contributed by atoms with Crippen LogP contribution >= 0.6 is 0 Å². The Hall–Kier alpha value is -1.95. The lowest BCUT2D eigenvalue weighted by Crippen LogP contribution is -2.30. The molecule has 6 heteroatoms. The number of hydrogen-bond acceptors (Lipinski definition) is 4. The molecule has 6 nitrogen and oxygen atoms in total. The van der Waals surface area contributed by atoms with E-state index in [1.807, 2.05) is 6.92 Å². The number of nitro benzene ring substituents is 1. The molecule has 0 fully saturated rings. The first-order chi connectivity index (χ1) is 8.52. The van der Waals surface area contributed by atoms with Gasteiger partial charge in [0.25, 0.3) is 5.69 Å². The minimum absolute atomic E-state index is 0.0204. The quantitative estimate of drug-likeness (QED) is 0.588. The minimum atomic E-state index is -0.460. The third-order valence-electron chi connectivity index (χ3n) is 2.58. The molecule has 0 spiro atoms. The maximum absolute atomic E-state index is 11.5. The van der Waals surface area contributed by atoms with Gasteiger partial charge >= 0.3 is 0 Å². The second-order valence-corrected chi connectivity index (χ2v) is 4.08. The van der Waals surface area contributed by atoms with Gasteiger partial charge in [0.05, 0.1) is 4.92 Å². The smallest absolute Gasteiger partial charge is 0.269 e. The monoisotopic (exact) mass is 251 g/mol. The zero-order valence-corrected chi connectivity index (χ0v) is 10.3. The molecule has 0 saturated carbocycles. The molecule has 1 atom stereocenters. The average molecular weight is 251 g/mol. The van der Waals surface area contributed by atoms with E-state index in [2.05, 4.69) is 5.32 Å². The third-order valence-corrected chi connectivity index (χ3v) is 2.58. The Labute approximate surface area is 105 Å². The second kappa shape index (κ2) is 6.70. The molecule has 1 aromatic rings. The van der Waals surface area contributed by atoms with E-state index in [-0.39, 0.29) is 30.6 Å². The van der Waals surface area contributed by atoms with Gasteiger partial charge in [-0.15, -0.1) is 0 Å². The zero-order valence-electron chi connectivity index (χ0n) is 10.3. The Bertz CT molecular complexity index is 434. The first kappa shape index (κ1) is 14.1. The minimum Gasteiger partial charge on any atom is -0.352 e. The lowest BCUT2D eigenvalue weighted by atomic mass is 10.1. The number of carbonyl (C=O) groups excluding carboxylic acids is 1. The Morgan fingerprint density at radius 1 is 1.56 bits per heavy atom. The molecule has 1 aromatic carbocycles. The number of rotatable bonds is 6. The number of benzene rings is 1. The van der Waals surface area contributed by atoms with Gasteiger partial charge in [-0.3, -0.25) is 14.9 Å². The van der Waals surface area contributed by atoms with E-state index in [0.29, 0.717) is 5.56 Å². The van der Waals surface area contributed by atoms with E-state index in [9.17, 15) is 14.9 Å². The molecular weight excluding hydrogens is 234 g/mol. The summed E-state index contributed by atoms with van der Waals surface area (Å²) in [6.07, 6.45) is 1.01. The molecule has 0 heterocycles. The highest BCUT2D eigenvalue weighted by molar-refractivity contribution is 5.76. The topological polar surface area (TPSA) is 98.3 Å². The summed E-state index contributed by atoms with van der Waals surface area (Å²) in [5, 5.41) is 13.3. The summed E-state index contributed by atoms with van der Waals surface area (Å²) < 4.78 is 0. The van der Waals surface area contributed by atoms with E-state index >= 15 is 0 Å². The Balaban J connectivity index is 2.50. The SMILES string of the molecule is CCC(N)CC(=O)NCc1cccc([N+](=O)[O-])c1. The molecule has 98 valence electrons. The van der Waals surface area contributed by atoms with Crippen LogP contribution in [-0.2, 0) is 11.3 Å². The van der Waals surface area contributed by atoms with Gasteiger partial charge in [0, 0.05) is 31.1 Å². The van der Waals surface area contributed by atoms with E-state index in [1.165, 1.54) is 12.1 Å². The number of nitrogens with one attached hydrogen (secondary N) is 1. The molecule has 0 aliphatic rings. The number of non-ortho nitro benzene ring substituents is 1. The number of nitrogens with zero attached hydrogens (tertiary/aromatic N) is 1. The largest absolute Gasteiger partial charge is 0.352 e. The molecule has 0 bridgehead atoms. The number of nitro groups is 1. The van der Waals surface area contributed by atoms with Crippen LogP contribution in [0, 0.1) is 10.1 Å². The van der Waals surface area contributed by atoms with Crippen molar-refractivity contribution in [2.24, 2.45) is 5.73 Å². The Morgan fingerprint density at radius 3 is 2.89 bits per heavy atom. The Morgan fingerprint density at radius 2 is 2.28 bits per heavy atom. The van der Waals surface area contributed by atoms with Gasteiger partial charge in [0.2, 0.25) is 5.91 Å². The highest BCUT2D eigenvalue weighted by Gasteiger charge is 2.09. The predicted octanol–water partition coefficient (Wildman–Crippen LogP) is 1.34. The van der Waals surface area contributed by atoms with Crippen molar-refractivity contribution in [3.8, 4) is 0 Å². The lowest BCUT2D eigenvalue weighted by Gasteiger charge is -2.09. The fraction of sp³-hybridized carbons (Fsp3) is 0.417. The molecule has 0 aliphatic carbocycles. The van der Waals surface area contributed by atoms with Crippen molar-refractivity contribution in [2.45, 2.75) is 32.4 Å². The van der Waals surface area contributed by atoms with Gasteiger partial charge < -0.3 is 11.1 Å². The van der Waals surface area contributed by atoms with E-state index in [1.54, 1.807) is 12.1 Å². The maximum Gasteiger partial charge on any atom is 0.269 e. The molecule has 0 aromatic heterocycles. The van der Waals surface area contributed by atoms with Crippen molar-refractivity contribution in [1.82, 2.24) is 5.32 Å². The number of carbonyl (C=O) groups is 1. The molecule has 0 aliphatic heterocycles. The Kier molecular flexibility index (Phi) is 5.26. The lowest BCUT2D eigenvalue weighted by molar-refractivity contribution is -0.384. The first-order valence-electron chi connectivity index (χ1n) is 5.78. The van der Waals surface area contributed by atoms with Crippen LogP contribution in [0.1, 0.15) is 25.3 Å². The molecule has 0 radical (unpaired) electrons. The number of nitrogens with two attached hydrogens (primary N) is 1. The van der Waals surface area contributed by atoms with Gasteiger partial charge in [0.15, 0.2) is 0 Å². The summed E-state index contributed by atoms with van der Waals surface area (Å²) in [5.41, 5.74) is 6.37. The third kappa shape index (κ3) is 4.50. The molecule has 18 heavy (non-hydrogen) atoms. The van der Waals surface area contributed by atoms with Crippen molar-refractivity contribution in [3.05, 3.63) is 39.9 Å². The van der Waals surface area contributed by atoms with Crippen molar-refractivity contribution in [3.63, 3.8) is 0 Å². The van der Waals surface area contributed by atoms with Gasteiger partial charge in [-0.1, -0.05) is 19.1 Å². The molecular formula is C12H17N3O3. The molecule has 1 amide bonds. The fourth-order valence-corrected chi connectivity index (χ4v) is 1.44. The van der Waals surface area contributed by atoms with Crippen LogP contribution in [0.25, 0.3) is 0 Å². The maximum atomic E-state index is 11.5. The zero-order chi connectivity index (χ0) is 13.5. The van der Waals surface area contributed by atoms with Crippen LogP contribution < -0.4 is 11.1 Å². The number of hydrogen-bond donors (Lipinski definition) is 2. The van der Waals surface area contributed by atoms with Gasteiger partial charge in [-0.2, -0.15) is 0 Å². The molecule has 1 unspecified atom stereocenters. The summed E-state index contributed by atoms with van der Waals surface area (Å²) in [6.45, 7) is 2.19. The average Bonchev–Trinajstić information content (AvgIpc) is 2.36. The van der Waals surface area contributed by atoms with Crippen LogP contribution in [0.15, 0.2) is 24.3 Å². The highest BCUT2D eigenvalue weighted by Crippen LogP contribution is 2.12. The molecule has 1 rings (SSSR count). The van der Waals surface area contributed by atoms with Crippen LogP contribution in [0.3, 0.4) is 0 Å². The van der Waals surface area contributed by atoms with E-state index < -0.39 is 4.92 Å². The van der Waals surface area contributed by atoms with Crippen molar-refractivity contribution < 1.29 is 9.72 Å². The van der Waals surface area contributed by atoms with Gasteiger partial charge in [-0.25, -0.2) is 0 Å². The summed E-state index contributed by atoms with van der Waals surface area (Å²) in [5.74, 6) is -0.143. The van der Waals surface area contributed by atoms with Crippen molar-refractivity contribution >= 4 is 11.6 Å². The predicted molar refractivity (Wildman–Crippen MR) is 67.8 cm³/mol. The van der Waals surface area contributed by atoms with Crippen LogP contribution in [-0.4, -0.2) is 16.9 Å². The summed E-state index contributed by atoms with van der Waals surface area (Å²) in [4.78, 5) is 21.6. The molecule has 3 N–H and O–H groups in total. The standard InChI is InChI=1S/C12H17N3O3/c1-2-10(13)7-12(16)14-8-9-4-3-5-11(6-9)15(17)18/h3-6,10H,2,7-8,13H2,1H3,(H,14,16). The van der Waals surface area contributed by atoms with Crippen molar-refractivity contribution in [1.29, 1.82) is 0 Å². The van der Waals surface area contributed by atoms with Crippen LogP contribution in [0.4, 0.5) is 5.69 Å². The molecule has 0 saturated heterocycles. The fourth-order valence-electron chi connectivity index (χ4n) is 1.44. The first-order valence-corrected chi connectivity index (χ1v) is 5.78. The second-order valence-electron chi connectivity index (χ2n) is 4.08.